The number of aryl methyl sites for hydroxylation is 1. The monoisotopic (exact) mass is 414 g/mol. The Balaban J connectivity index is 1.41. The Morgan fingerprint density at radius 2 is 2.13 bits per heavy atom. The molecule has 4 aromatic rings. The third-order valence-electron chi connectivity index (χ3n) is 5.97. The Labute approximate surface area is 176 Å². The van der Waals surface area contributed by atoms with E-state index in [-0.39, 0.29) is 17.7 Å². The van der Waals surface area contributed by atoms with Crippen molar-refractivity contribution >= 4 is 28.7 Å². The van der Waals surface area contributed by atoms with Crippen LogP contribution in [0.3, 0.4) is 0 Å². The van der Waals surface area contributed by atoms with Gasteiger partial charge in [0, 0.05) is 36.1 Å². The number of aromatic amines is 1. The van der Waals surface area contributed by atoms with Crippen molar-refractivity contribution in [3.05, 3.63) is 42.0 Å². The second-order valence-electron chi connectivity index (χ2n) is 7.87. The Bertz CT molecular complexity index is 1320. The van der Waals surface area contributed by atoms with Crippen LogP contribution in [-0.4, -0.2) is 59.6 Å². The lowest BCUT2D eigenvalue weighted by atomic mass is 9.83. The van der Waals surface area contributed by atoms with E-state index >= 15 is 0 Å². The summed E-state index contributed by atoms with van der Waals surface area (Å²) in [7, 11) is 0. The van der Waals surface area contributed by atoms with E-state index in [2.05, 4.69) is 50.8 Å². The lowest BCUT2D eigenvalue weighted by molar-refractivity contribution is -0.118. The van der Waals surface area contributed by atoms with Crippen LogP contribution in [0.4, 0.5) is 11.6 Å². The Morgan fingerprint density at radius 1 is 1.19 bits per heavy atom. The Morgan fingerprint density at radius 3 is 3.03 bits per heavy atom. The molecule has 0 aromatic carbocycles. The number of aromatic nitrogens is 8. The third kappa shape index (κ3) is 2.88. The van der Waals surface area contributed by atoms with E-state index in [1.807, 2.05) is 25.1 Å². The predicted molar refractivity (Wildman–Crippen MR) is 111 cm³/mol. The summed E-state index contributed by atoms with van der Waals surface area (Å²) in [4.78, 5) is 28.2. The van der Waals surface area contributed by atoms with Crippen LogP contribution in [0.25, 0.3) is 22.4 Å². The number of pyridine rings is 1. The highest BCUT2D eigenvalue weighted by Gasteiger charge is 2.43. The summed E-state index contributed by atoms with van der Waals surface area (Å²) in [5.41, 5.74) is 4.27. The quantitative estimate of drug-likeness (QED) is 0.510. The van der Waals surface area contributed by atoms with Crippen LogP contribution in [0.5, 0.6) is 0 Å². The van der Waals surface area contributed by atoms with Crippen molar-refractivity contribution in [2.45, 2.75) is 19.3 Å². The molecule has 4 aromatic heterocycles. The van der Waals surface area contributed by atoms with Gasteiger partial charge < -0.3 is 10.2 Å². The van der Waals surface area contributed by atoms with E-state index < -0.39 is 0 Å². The van der Waals surface area contributed by atoms with E-state index in [0.717, 1.165) is 47.8 Å². The molecule has 2 aliphatic rings. The van der Waals surface area contributed by atoms with Crippen molar-refractivity contribution in [1.82, 2.24) is 40.6 Å². The zero-order chi connectivity index (χ0) is 20.9. The van der Waals surface area contributed by atoms with E-state index in [4.69, 9.17) is 0 Å². The van der Waals surface area contributed by atoms with Gasteiger partial charge in [0.2, 0.25) is 11.6 Å². The van der Waals surface area contributed by atoms with E-state index in [0.29, 0.717) is 17.0 Å². The Hall–Kier alpha value is -4.02. The van der Waals surface area contributed by atoms with Gasteiger partial charge in [-0.2, -0.15) is 10.3 Å². The molecule has 2 bridgehead atoms. The van der Waals surface area contributed by atoms with Gasteiger partial charge in [-0.3, -0.25) is 9.78 Å². The molecule has 0 saturated carbocycles. The molecule has 154 valence electrons. The molecule has 1 saturated heterocycles. The number of carbonyl (C=O) groups excluding carboxylic acids is 1. The molecule has 2 aliphatic heterocycles. The van der Waals surface area contributed by atoms with Crippen LogP contribution < -0.4 is 10.2 Å². The van der Waals surface area contributed by atoms with Gasteiger partial charge in [-0.05, 0) is 37.5 Å². The second kappa shape index (κ2) is 6.76. The maximum atomic E-state index is 13.5. The molecular formula is C20H18N10O. The molecule has 2 atom stereocenters. The fraction of sp³-hybridized carbons (Fsp3) is 0.300. The van der Waals surface area contributed by atoms with Crippen molar-refractivity contribution in [3.63, 3.8) is 0 Å². The normalized spacial score (nSPS) is 19.5. The summed E-state index contributed by atoms with van der Waals surface area (Å²) < 4.78 is 0. The number of carbonyl (C=O) groups is 1. The summed E-state index contributed by atoms with van der Waals surface area (Å²) in [6, 6.07) is 5.85. The number of fused-ring (bicyclic) bond motifs is 5. The number of hydrogen-bond donors (Lipinski definition) is 2. The summed E-state index contributed by atoms with van der Waals surface area (Å²) in [5.74, 6) is 0.817. The second-order valence-corrected chi connectivity index (χ2v) is 7.87. The minimum Gasteiger partial charge on any atom is -0.355 e. The highest BCUT2D eigenvalue weighted by molar-refractivity contribution is 6.01. The first-order valence-electron chi connectivity index (χ1n) is 10.1. The molecular weight excluding hydrogens is 396 g/mol. The zero-order valence-electron chi connectivity index (χ0n) is 16.6. The number of hydrogen-bond acceptors (Lipinski definition) is 9. The average Bonchev–Trinajstić information content (AvgIpc) is 3.42. The van der Waals surface area contributed by atoms with Crippen molar-refractivity contribution in [2.75, 3.05) is 23.3 Å². The van der Waals surface area contributed by atoms with Gasteiger partial charge in [0.25, 0.3) is 0 Å². The lowest BCUT2D eigenvalue weighted by Crippen LogP contribution is -2.36. The van der Waals surface area contributed by atoms with Crippen LogP contribution in [0.1, 0.15) is 23.6 Å². The molecule has 31 heavy (non-hydrogen) atoms. The van der Waals surface area contributed by atoms with Crippen LogP contribution in [0.2, 0.25) is 0 Å². The molecule has 6 rings (SSSR count). The standard InChI is InChI=1S/C20H18N10O/c1-10-6-11(2-4-21-10)14-7-13-15(12-3-5-30(8-12)19(13)28-25-14)20(31)24-17-16-18(23-9-22-17)27-29-26-16/h2,4,6-7,9,12,15H,3,5,8H2,1H3,(H2,22,23,24,26,27,29,31)/t12-,15?/m1/s1. The predicted octanol–water partition coefficient (Wildman–Crippen LogP) is 1.47. The van der Waals surface area contributed by atoms with Gasteiger partial charge in [-0.25, -0.2) is 9.97 Å². The molecule has 11 heteroatoms. The number of nitrogens with zero attached hydrogens (tertiary/aromatic N) is 8. The number of nitrogens with one attached hydrogen (secondary N) is 2. The molecule has 0 spiro atoms. The Kier molecular flexibility index (Phi) is 3.88. The van der Waals surface area contributed by atoms with Gasteiger partial charge in [-0.1, -0.05) is 0 Å². The molecule has 1 fully saturated rings. The lowest BCUT2D eigenvalue weighted by Gasteiger charge is -2.31. The number of rotatable bonds is 3. The number of amides is 1. The van der Waals surface area contributed by atoms with Crippen molar-refractivity contribution in [3.8, 4) is 11.3 Å². The summed E-state index contributed by atoms with van der Waals surface area (Å²) >= 11 is 0. The molecule has 1 amide bonds. The van der Waals surface area contributed by atoms with Crippen molar-refractivity contribution in [2.24, 2.45) is 5.92 Å². The van der Waals surface area contributed by atoms with Gasteiger partial charge in [-0.15, -0.1) is 15.3 Å². The van der Waals surface area contributed by atoms with E-state index in [9.17, 15) is 4.79 Å². The topological polar surface area (TPSA) is 138 Å². The largest absolute Gasteiger partial charge is 0.355 e. The maximum absolute atomic E-state index is 13.5. The molecule has 1 unspecified atom stereocenters. The third-order valence-corrected chi connectivity index (χ3v) is 5.97. The van der Waals surface area contributed by atoms with E-state index in [1.165, 1.54) is 6.33 Å². The van der Waals surface area contributed by atoms with E-state index in [1.54, 1.807) is 6.20 Å². The first-order chi connectivity index (χ1) is 15.2. The van der Waals surface area contributed by atoms with Gasteiger partial charge >= 0.3 is 0 Å². The number of anilines is 2. The fourth-order valence-electron chi connectivity index (χ4n) is 4.54. The summed E-state index contributed by atoms with van der Waals surface area (Å²) in [6.45, 7) is 3.59. The minimum absolute atomic E-state index is 0.138. The minimum atomic E-state index is -0.358. The maximum Gasteiger partial charge on any atom is 0.233 e. The highest BCUT2D eigenvalue weighted by atomic mass is 16.2. The first kappa shape index (κ1) is 17.8. The fourth-order valence-corrected chi connectivity index (χ4v) is 4.54. The smallest absolute Gasteiger partial charge is 0.233 e. The van der Waals surface area contributed by atoms with Crippen molar-refractivity contribution < 1.29 is 4.79 Å². The SMILES string of the molecule is Cc1cc(-c2cc3c(nn2)N2CC[C@H](C2)C3C(=O)Nc2ncnc3n[nH]nc23)ccn1. The van der Waals surface area contributed by atoms with Crippen LogP contribution in [0.15, 0.2) is 30.7 Å². The summed E-state index contributed by atoms with van der Waals surface area (Å²) in [5, 5.41) is 22.4. The van der Waals surface area contributed by atoms with Crippen LogP contribution in [-0.2, 0) is 4.79 Å². The molecule has 11 nitrogen and oxygen atoms in total. The van der Waals surface area contributed by atoms with Crippen molar-refractivity contribution in [1.29, 1.82) is 0 Å². The molecule has 0 radical (unpaired) electrons. The molecule has 0 aliphatic carbocycles. The van der Waals surface area contributed by atoms with Gasteiger partial charge in [0.15, 0.2) is 17.2 Å². The number of H-pyrrole nitrogens is 1. The van der Waals surface area contributed by atoms with Crippen LogP contribution >= 0.6 is 0 Å². The summed E-state index contributed by atoms with van der Waals surface area (Å²) in [6.07, 6.45) is 4.03. The molecule has 2 N–H and O–H groups in total. The molecule has 6 heterocycles. The van der Waals surface area contributed by atoms with Gasteiger partial charge in [0.05, 0.1) is 11.6 Å². The highest BCUT2D eigenvalue weighted by Crippen LogP contribution is 2.44. The van der Waals surface area contributed by atoms with Gasteiger partial charge in [0.1, 0.15) is 6.33 Å². The first-order valence-corrected chi connectivity index (χ1v) is 10.1. The average molecular weight is 414 g/mol. The van der Waals surface area contributed by atoms with Crippen LogP contribution in [0, 0.1) is 12.8 Å². The zero-order valence-corrected chi connectivity index (χ0v) is 16.6.